The van der Waals surface area contributed by atoms with Gasteiger partial charge in [0, 0.05) is 17.8 Å². The molecule has 1 saturated carbocycles. The summed E-state index contributed by atoms with van der Waals surface area (Å²) >= 11 is 0. The first-order valence-corrected chi connectivity index (χ1v) is 6.84. The van der Waals surface area contributed by atoms with Crippen LogP contribution in [0.2, 0.25) is 0 Å². The molecule has 19 heavy (non-hydrogen) atoms. The molecule has 1 aliphatic rings. The van der Waals surface area contributed by atoms with Gasteiger partial charge < -0.3 is 15.8 Å². The minimum Gasteiger partial charge on any atom is -0.497 e. The van der Waals surface area contributed by atoms with Crippen LogP contribution >= 0.6 is 0 Å². The predicted octanol–water partition coefficient (Wildman–Crippen LogP) is 2.59. The van der Waals surface area contributed by atoms with Crippen molar-refractivity contribution >= 4 is 11.6 Å². The lowest BCUT2D eigenvalue weighted by Gasteiger charge is -2.27. The maximum atomic E-state index is 12.2. The van der Waals surface area contributed by atoms with Gasteiger partial charge in [0.2, 0.25) is 0 Å². The molecule has 0 radical (unpaired) electrons. The highest BCUT2D eigenvalue weighted by Crippen LogP contribution is 2.25. The number of nitrogens with one attached hydrogen (secondary N) is 1. The lowest BCUT2D eigenvalue weighted by Crippen LogP contribution is -2.38. The number of ether oxygens (including phenoxy) is 1. The van der Waals surface area contributed by atoms with Crippen molar-refractivity contribution in [2.24, 2.45) is 5.92 Å². The van der Waals surface area contributed by atoms with E-state index >= 15 is 0 Å². The van der Waals surface area contributed by atoms with Crippen LogP contribution in [0.15, 0.2) is 18.2 Å². The number of amides is 1. The largest absolute Gasteiger partial charge is 0.497 e. The maximum Gasteiger partial charge on any atom is 0.253 e. The van der Waals surface area contributed by atoms with E-state index in [1.54, 1.807) is 25.3 Å². The second kappa shape index (κ2) is 5.95. The highest BCUT2D eigenvalue weighted by atomic mass is 16.5. The van der Waals surface area contributed by atoms with E-state index in [4.69, 9.17) is 10.5 Å². The molecule has 0 heterocycles. The number of rotatable bonds is 3. The van der Waals surface area contributed by atoms with E-state index in [1.807, 2.05) is 0 Å². The van der Waals surface area contributed by atoms with Gasteiger partial charge in [0.25, 0.3) is 5.91 Å². The van der Waals surface area contributed by atoms with Crippen LogP contribution in [0.5, 0.6) is 5.75 Å². The van der Waals surface area contributed by atoms with Gasteiger partial charge >= 0.3 is 0 Å². The molecule has 0 saturated heterocycles. The number of benzene rings is 1. The van der Waals surface area contributed by atoms with Gasteiger partial charge in [-0.15, -0.1) is 0 Å². The van der Waals surface area contributed by atoms with Crippen LogP contribution in [0, 0.1) is 5.92 Å². The minimum absolute atomic E-state index is 0.0840. The van der Waals surface area contributed by atoms with Gasteiger partial charge in [-0.1, -0.05) is 19.8 Å². The van der Waals surface area contributed by atoms with Crippen molar-refractivity contribution in [1.82, 2.24) is 5.32 Å². The topological polar surface area (TPSA) is 64.3 Å². The van der Waals surface area contributed by atoms with Crippen molar-refractivity contribution in [2.45, 2.75) is 38.6 Å². The number of hydrogen-bond acceptors (Lipinski definition) is 3. The maximum absolute atomic E-state index is 12.2. The van der Waals surface area contributed by atoms with Gasteiger partial charge in [0.1, 0.15) is 5.75 Å². The quantitative estimate of drug-likeness (QED) is 0.823. The molecule has 1 fully saturated rings. The van der Waals surface area contributed by atoms with Crippen LogP contribution < -0.4 is 15.8 Å². The molecule has 0 aliphatic heterocycles. The second-order valence-electron chi connectivity index (χ2n) is 5.40. The Morgan fingerprint density at radius 2 is 2.21 bits per heavy atom. The third kappa shape index (κ3) is 3.40. The van der Waals surface area contributed by atoms with Gasteiger partial charge in [0.15, 0.2) is 0 Å². The molecule has 0 spiro atoms. The molecule has 104 valence electrons. The van der Waals surface area contributed by atoms with Crippen molar-refractivity contribution < 1.29 is 9.53 Å². The molecule has 1 aromatic rings. The van der Waals surface area contributed by atoms with Crippen LogP contribution in [-0.4, -0.2) is 19.1 Å². The standard InChI is InChI=1S/C15H22N2O2/c1-10-4-3-5-11(8-10)17-15(18)13-7-6-12(19-2)9-14(13)16/h6-7,9-11H,3-5,8,16H2,1-2H3,(H,17,18). The van der Waals surface area contributed by atoms with E-state index in [1.165, 1.54) is 12.8 Å². The number of anilines is 1. The van der Waals surface area contributed by atoms with Crippen LogP contribution in [0.25, 0.3) is 0 Å². The number of nitrogens with two attached hydrogens (primary N) is 1. The normalized spacial score (nSPS) is 22.8. The zero-order valence-corrected chi connectivity index (χ0v) is 11.6. The molecule has 1 aromatic carbocycles. The third-order valence-corrected chi connectivity index (χ3v) is 3.77. The highest BCUT2D eigenvalue weighted by Gasteiger charge is 2.21. The Bertz CT molecular complexity index is 459. The summed E-state index contributed by atoms with van der Waals surface area (Å²) in [6.07, 6.45) is 4.56. The number of nitrogen functional groups attached to an aromatic ring is 1. The van der Waals surface area contributed by atoms with Crippen molar-refractivity contribution in [2.75, 3.05) is 12.8 Å². The van der Waals surface area contributed by atoms with Crippen molar-refractivity contribution in [3.05, 3.63) is 23.8 Å². The molecule has 4 nitrogen and oxygen atoms in total. The van der Waals surface area contributed by atoms with Gasteiger partial charge in [0.05, 0.1) is 12.7 Å². The summed E-state index contributed by atoms with van der Waals surface area (Å²) in [5, 5.41) is 3.08. The summed E-state index contributed by atoms with van der Waals surface area (Å²) in [6.45, 7) is 2.24. The number of carbonyl (C=O) groups is 1. The summed E-state index contributed by atoms with van der Waals surface area (Å²) in [5.74, 6) is 1.27. The van der Waals surface area contributed by atoms with E-state index in [9.17, 15) is 4.79 Å². The Kier molecular flexibility index (Phi) is 4.30. The van der Waals surface area contributed by atoms with Crippen molar-refractivity contribution in [3.63, 3.8) is 0 Å². The smallest absolute Gasteiger partial charge is 0.253 e. The van der Waals surface area contributed by atoms with Crippen LogP contribution in [0.3, 0.4) is 0 Å². The van der Waals surface area contributed by atoms with Gasteiger partial charge in [-0.25, -0.2) is 0 Å². The SMILES string of the molecule is COc1ccc(C(=O)NC2CCCC(C)C2)c(N)c1. The number of carbonyl (C=O) groups excluding carboxylic acids is 1. The zero-order chi connectivity index (χ0) is 13.8. The number of hydrogen-bond donors (Lipinski definition) is 2. The highest BCUT2D eigenvalue weighted by molar-refractivity contribution is 5.99. The third-order valence-electron chi connectivity index (χ3n) is 3.77. The summed E-state index contributed by atoms with van der Waals surface area (Å²) in [7, 11) is 1.58. The minimum atomic E-state index is -0.0840. The van der Waals surface area contributed by atoms with Crippen LogP contribution in [0.1, 0.15) is 43.0 Å². The average molecular weight is 262 g/mol. The van der Waals surface area contributed by atoms with Crippen LogP contribution in [0.4, 0.5) is 5.69 Å². The molecule has 2 unspecified atom stereocenters. The van der Waals surface area contributed by atoms with E-state index < -0.39 is 0 Å². The first-order chi connectivity index (χ1) is 9.10. The van der Waals surface area contributed by atoms with Crippen LogP contribution in [-0.2, 0) is 0 Å². The van der Waals surface area contributed by atoms with E-state index in [0.29, 0.717) is 22.9 Å². The van der Waals surface area contributed by atoms with E-state index in [0.717, 1.165) is 12.8 Å². The predicted molar refractivity (Wildman–Crippen MR) is 76.3 cm³/mol. The number of methoxy groups -OCH3 is 1. The summed E-state index contributed by atoms with van der Waals surface area (Å²) in [4.78, 5) is 12.2. The molecule has 2 rings (SSSR count). The molecule has 0 aromatic heterocycles. The molecular weight excluding hydrogens is 240 g/mol. The Morgan fingerprint density at radius 3 is 2.84 bits per heavy atom. The fourth-order valence-electron chi connectivity index (χ4n) is 2.70. The molecule has 2 atom stereocenters. The average Bonchev–Trinajstić information content (AvgIpc) is 2.38. The van der Waals surface area contributed by atoms with Gasteiger partial charge in [-0.05, 0) is 30.9 Å². The molecule has 1 aliphatic carbocycles. The lowest BCUT2D eigenvalue weighted by atomic mass is 9.87. The van der Waals surface area contributed by atoms with Crippen molar-refractivity contribution in [1.29, 1.82) is 0 Å². The van der Waals surface area contributed by atoms with Gasteiger partial charge in [-0.2, -0.15) is 0 Å². The molecule has 1 amide bonds. The lowest BCUT2D eigenvalue weighted by molar-refractivity contribution is 0.0922. The van der Waals surface area contributed by atoms with E-state index in [-0.39, 0.29) is 11.9 Å². The van der Waals surface area contributed by atoms with Gasteiger partial charge in [-0.3, -0.25) is 4.79 Å². The fourth-order valence-corrected chi connectivity index (χ4v) is 2.70. The molecule has 0 bridgehead atoms. The first kappa shape index (κ1) is 13.7. The summed E-state index contributed by atoms with van der Waals surface area (Å²) < 4.78 is 5.08. The molecular formula is C15H22N2O2. The van der Waals surface area contributed by atoms with E-state index in [2.05, 4.69) is 12.2 Å². The Balaban J connectivity index is 2.03. The summed E-state index contributed by atoms with van der Waals surface area (Å²) in [6, 6.07) is 5.43. The molecule has 3 N–H and O–H groups in total. The fraction of sp³-hybridized carbons (Fsp3) is 0.533. The zero-order valence-electron chi connectivity index (χ0n) is 11.6. The van der Waals surface area contributed by atoms with Crippen molar-refractivity contribution in [3.8, 4) is 5.75 Å². The Labute approximate surface area is 114 Å². The Morgan fingerprint density at radius 1 is 1.42 bits per heavy atom. The monoisotopic (exact) mass is 262 g/mol. The molecule has 4 heteroatoms. The second-order valence-corrected chi connectivity index (χ2v) is 5.40. The summed E-state index contributed by atoms with van der Waals surface area (Å²) in [5.41, 5.74) is 6.88. The first-order valence-electron chi connectivity index (χ1n) is 6.84. The Hall–Kier alpha value is -1.71.